The van der Waals surface area contributed by atoms with Crippen LogP contribution >= 0.6 is 27.5 Å². The molecule has 0 saturated carbocycles. The van der Waals surface area contributed by atoms with E-state index in [-0.39, 0.29) is 28.1 Å². The molecule has 0 fully saturated rings. The molecular formula is C23H12BrClN4O4. The van der Waals surface area contributed by atoms with E-state index < -0.39 is 10.5 Å². The molecule has 1 aliphatic heterocycles. The number of nitro groups is 1. The minimum absolute atomic E-state index is 0.00190. The second kappa shape index (κ2) is 7.95. The maximum Gasteiger partial charge on any atom is 0.271 e. The summed E-state index contributed by atoms with van der Waals surface area (Å²) < 4.78 is 2.04. The number of benzene rings is 3. The average Bonchev–Trinajstić information content (AvgIpc) is 3.09. The Balaban J connectivity index is 1.82. The van der Waals surface area contributed by atoms with Crippen LogP contribution in [-0.4, -0.2) is 20.4 Å². The quantitative estimate of drug-likeness (QED) is 0.226. The van der Waals surface area contributed by atoms with Crippen molar-refractivity contribution >= 4 is 67.4 Å². The van der Waals surface area contributed by atoms with E-state index in [9.17, 15) is 19.7 Å². The van der Waals surface area contributed by atoms with Gasteiger partial charge in [-0.3, -0.25) is 24.3 Å². The van der Waals surface area contributed by atoms with Crippen LogP contribution in [0.4, 0.5) is 11.4 Å². The molecule has 5 rings (SSSR count). The number of aromatic nitrogens is 2. The van der Waals surface area contributed by atoms with Crippen molar-refractivity contribution in [3.63, 3.8) is 0 Å². The lowest BCUT2D eigenvalue weighted by atomic mass is 10.1. The number of anilines is 1. The lowest BCUT2D eigenvalue weighted by molar-refractivity contribution is -0.384. The van der Waals surface area contributed by atoms with Crippen molar-refractivity contribution in [1.82, 2.24) is 9.55 Å². The van der Waals surface area contributed by atoms with Crippen LogP contribution in [0.3, 0.4) is 0 Å². The highest BCUT2D eigenvalue weighted by molar-refractivity contribution is 9.10. The Kier molecular flexibility index (Phi) is 5.07. The largest absolute Gasteiger partial charge is 0.321 e. The van der Waals surface area contributed by atoms with Crippen molar-refractivity contribution in [3.8, 4) is 5.69 Å². The van der Waals surface area contributed by atoms with Crippen LogP contribution in [0.1, 0.15) is 11.4 Å². The molecular weight excluding hydrogens is 512 g/mol. The number of rotatable bonds is 3. The molecule has 1 N–H and O–H groups in total. The third-order valence-electron chi connectivity index (χ3n) is 5.22. The van der Waals surface area contributed by atoms with Crippen molar-refractivity contribution < 1.29 is 9.72 Å². The first-order valence-corrected chi connectivity index (χ1v) is 10.8. The SMILES string of the molecule is O=C1Nc2ccc(Br)cc2C1=Cc1nc2ccccc2c(=O)n1-c1ccc([N+](=O)[O-])cc1Cl. The number of hydrogen-bond donors (Lipinski definition) is 1. The first-order chi connectivity index (χ1) is 15.8. The maximum absolute atomic E-state index is 13.5. The van der Waals surface area contributed by atoms with Gasteiger partial charge in [-0.2, -0.15) is 0 Å². The highest BCUT2D eigenvalue weighted by atomic mass is 79.9. The average molecular weight is 524 g/mol. The molecule has 8 nitrogen and oxygen atoms in total. The van der Waals surface area contributed by atoms with E-state index in [1.54, 1.807) is 36.4 Å². The third kappa shape index (κ3) is 3.61. The van der Waals surface area contributed by atoms with Crippen molar-refractivity contribution in [2.75, 3.05) is 5.32 Å². The number of nitro benzene ring substituents is 1. The van der Waals surface area contributed by atoms with Gasteiger partial charge in [-0.05, 0) is 42.5 Å². The number of carbonyl (C=O) groups is 1. The second-order valence-electron chi connectivity index (χ2n) is 7.22. The van der Waals surface area contributed by atoms with Crippen LogP contribution in [0.15, 0.2) is 69.9 Å². The zero-order valence-corrected chi connectivity index (χ0v) is 18.9. The van der Waals surface area contributed by atoms with E-state index in [1.807, 2.05) is 6.07 Å². The molecule has 4 aromatic rings. The fraction of sp³-hybridized carbons (Fsp3) is 0. The number of halogens is 2. The summed E-state index contributed by atoms with van der Waals surface area (Å²) in [5.41, 5.74) is 1.63. The highest BCUT2D eigenvalue weighted by Crippen LogP contribution is 2.35. The van der Waals surface area contributed by atoms with E-state index in [1.165, 1.54) is 28.8 Å². The van der Waals surface area contributed by atoms with Gasteiger partial charge in [0.05, 0.1) is 32.1 Å². The van der Waals surface area contributed by atoms with Gasteiger partial charge in [-0.25, -0.2) is 4.98 Å². The van der Waals surface area contributed by atoms with Crippen molar-refractivity contribution in [3.05, 3.63) is 102 Å². The van der Waals surface area contributed by atoms with E-state index >= 15 is 0 Å². The summed E-state index contributed by atoms with van der Waals surface area (Å²) >= 11 is 9.76. The Morgan fingerprint density at radius 2 is 1.88 bits per heavy atom. The number of non-ortho nitro benzene ring substituents is 1. The summed E-state index contributed by atoms with van der Waals surface area (Å²) in [5, 5.41) is 14.3. The van der Waals surface area contributed by atoms with Gasteiger partial charge in [0.1, 0.15) is 5.82 Å². The Bertz CT molecular complexity index is 1600. The number of nitrogens with one attached hydrogen (secondary N) is 1. The van der Waals surface area contributed by atoms with E-state index in [2.05, 4.69) is 26.2 Å². The molecule has 0 bridgehead atoms. The first-order valence-electron chi connectivity index (χ1n) is 9.62. The monoisotopic (exact) mass is 522 g/mol. The summed E-state index contributed by atoms with van der Waals surface area (Å²) in [5.74, 6) is -0.181. The molecule has 10 heteroatoms. The normalized spacial score (nSPS) is 13.9. The molecule has 162 valence electrons. The minimum atomic E-state index is -0.572. The van der Waals surface area contributed by atoms with Gasteiger partial charge >= 0.3 is 0 Å². The van der Waals surface area contributed by atoms with Crippen molar-refractivity contribution in [2.45, 2.75) is 0 Å². The number of para-hydroxylation sites is 1. The summed E-state index contributed by atoms with van der Waals surface area (Å²) in [7, 11) is 0. The van der Waals surface area contributed by atoms with Gasteiger partial charge in [0.25, 0.3) is 17.2 Å². The summed E-state index contributed by atoms with van der Waals surface area (Å²) in [6, 6.07) is 16.0. The Hall–Kier alpha value is -3.82. The van der Waals surface area contributed by atoms with Crippen LogP contribution in [0.2, 0.25) is 5.02 Å². The zero-order chi connectivity index (χ0) is 23.3. The summed E-state index contributed by atoms with van der Waals surface area (Å²) in [4.78, 5) is 41.4. The number of fused-ring (bicyclic) bond motifs is 2. The fourth-order valence-electron chi connectivity index (χ4n) is 3.70. The summed E-state index contributed by atoms with van der Waals surface area (Å²) in [6.07, 6.45) is 1.51. The van der Waals surface area contributed by atoms with Crippen LogP contribution in [0.25, 0.3) is 28.2 Å². The molecule has 1 amide bonds. The molecule has 33 heavy (non-hydrogen) atoms. The minimum Gasteiger partial charge on any atom is -0.321 e. The molecule has 0 radical (unpaired) electrons. The molecule has 3 aromatic carbocycles. The fourth-order valence-corrected chi connectivity index (χ4v) is 4.32. The van der Waals surface area contributed by atoms with Gasteiger partial charge in [0.2, 0.25) is 0 Å². The molecule has 2 heterocycles. The van der Waals surface area contributed by atoms with Gasteiger partial charge in [0.15, 0.2) is 0 Å². The number of nitrogens with zero attached hydrogens (tertiary/aromatic N) is 3. The van der Waals surface area contributed by atoms with Crippen molar-refractivity contribution in [2.24, 2.45) is 0 Å². The molecule has 0 unspecified atom stereocenters. The predicted octanol–water partition coefficient (Wildman–Crippen LogP) is 5.20. The molecule has 1 aromatic heterocycles. The maximum atomic E-state index is 13.5. The Morgan fingerprint density at radius 1 is 1.09 bits per heavy atom. The number of carbonyl (C=O) groups excluding carboxylic acids is 1. The second-order valence-corrected chi connectivity index (χ2v) is 8.55. The standard InChI is InChI=1S/C23H12BrClN4O4/c24-12-5-7-19-15(9-12)16(22(30)27-19)11-21-26-18-4-2-1-3-14(18)23(31)28(21)20-8-6-13(29(32)33)10-17(20)25/h1-11H,(H,27,30). The van der Waals surface area contributed by atoms with Crippen LogP contribution in [0.5, 0.6) is 0 Å². The number of hydrogen-bond acceptors (Lipinski definition) is 5. The Labute approximate surface area is 199 Å². The molecule has 0 atom stereocenters. The van der Waals surface area contributed by atoms with Crippen LogP contribution in [-0.2, 0) is 4.79 Å². The van der Waals surface area contributed by atoms with E-state index in [4.69, 9.17) is 11.6 Å². The molecule has 0 saturated heterocycles. The van der Waals surface area contributed by atoms with Gasteiger partial charge < -0.3 is 5.32 Å². The van der Waals surface area contributed by atoms with E-state index in [0.717, 1.165) is 4.47 Å². The van der Waals surface area contributed by atoms with Crippen LogP contribution in [0, 0.1) is 10.1 Å². The molecule has 0 aliphatic carbocycles. The van der Waals surface area contributed by atoms with Crippen LogP contribution < -0.4 is 10.9 Å². The third-order valence-corrected chi connectivity index (χ3v) is 6.02. The van der Waals surface area contributed by atoms with Gasteiger partial charge in [-0.15, -0.1) is 0 Å². The highest BCUT2D eigenvalue weighted by Gasteiger charge is 2.26. The first kappa shape index (κ1) is 21.0. The van der Waals surface area contributed by atoms with Gasteiger partial charge in [-0.1, -0.05) is 39.7 Å². The molecule has 0 spiro atoms. The number of amides is 1. The smallest absolute Gasteiger partial charge is 0.271 e. The lowest BCUT2D eigenvalue weighted by Gasteiger charge is -2.13. The Morgan fingerprint density at radius 3 is 2.64 bits per heavy atom. The summed E-state index contributed by atoms with van der Waals surface area (Å²) in [6.45, 7) is 0. The van der Waals surface area contributed by atoms with Crippen molar-refractivity contribution in [1.29, 1.82) is 0 Å². The zero-order valence-electron chi connectivity index (χ0n) is 16.6. The van der Waals surface area contributed by atoms with E-state index in [0.29, 0.717) is 27.7 Å². The topological polar surface area (TPSA) is 107 Å². The lowest BCUT2D eigenvalue weighted by Crippen LogP contribution is -2.23. The van der Waals surface area contributed by atoms with Gasteiger partial charge in [0, 0.05) is 27.9 Å². The predicted molar refractivity (Wildman–Crippen MR) is 130 cm³/mol. The molecule has 1 aliphatic rings.